The Hall–Kier alpha value is -2.47. The number of thioether (sulfide) groups is 1. The first-order chi connectivity index (χ1) is 12.4. The molecule has 0 spiro atoms. The molecule has 6 heteroatoms. The molecule has 2 aliphatic rings. The third kappa shape index (κ3) is 2.56. The molecular weight excluding hydrogens is 346 g/mol. The zero-order valence-electron chi connectivity index (χ0n) is 14.9. The number of aryl methyl sites for hydroxylation is 1. The fourth-order valence-electron chi connectivity index (χ4n) is 3.62. The van der Waals surface area contributed by atoms with E-state index in [2.05, 4.69) is 29.0 Å². The van der Waals surface area contributed by atoms with E-state index < -0.39 is 17.2 Å². The van der Waals surface area contributed by atoms with Crippen molar-refractivity contribution in [2.75, 3.05) is 10.7 Å². The van der Waals surface area contributed by atoms with Crippen LogP contribution in [-0.2, 0) is 11.2 Å². The summed E-state index contributed by atoms with van der Waals surface area (Å²) in [6.45, 7) is 5.98. The van der Waals surface area contributed by atoms with Crippen LogP contribution in [0.25, 0.3) is 5.57 Å². The Balaban J connectivity index is 1.81. The van der Waals surface area contributed by atoms with Gasteiger partial charge in [0.25, 0.3) is 11.7 Å². The lowest BCUT2D eigenvalue weighted by Crippen LogP contribution is -2.47. The van der Waals surface area contributed by atoms with E-state index in [0.29, 0.717) is 16.5 Å². The lowest BCUT2D eigenvalue weighted by molar-refractivity contribution is -0.115. The van der Waals surface area contributed by atoms with Gasteiger partial charge in [-0.3, -0.25) is 14.5 Å². The van der Waals surface area contributed by atoms with Gasteiger partial charge in [0.15, 0.2) is 5.16 Å². The van der Waals surface area contributed by atoms with Crippen LogP contribution in [0.1, 0.15) is 42.3 Å². The molecule has 132 valence electrons. The number of carbonyl (C=O) groups excluding carboxylic acids is 2. The first-order valence-corrected chi connectivity index (χ1v) is 9.58. The largest absolute Gasteiger partial charge is 0.300 e. The molecule has 2 aliphatic heterocycles. The highest BCUT2D eigenvalue weighted by Crippen LogP contribution is 2.46. The molecule has 0 N–H and O–H groups in total. The SMILES string of the molecule is CCc1cc2c3c(c1)C(CSc1ncccn1)=CC(C)(C)N3C(=O)C2=O. The lowest BCUT2D eigenvalue weighted by atomic mass is 9.87. The zero-order valence-corrected chi connectivity index (χ0v) is 15.8. The van der Waals surface area contributed by atoms with Crippen molar-refractivity contribution in [2.24, 2.45) is 0 Å². The van der Waals surface area contributed by atoms with Gasteiger partial charge in [-0.15, -0.1) is 0 Å². The molecule has 0 unspecified atom stereocenters. The number of anilines is 1. The van der Waals surface area contributed by atoms with Crippen LogP contribution < -0.4 is 4.90 Å². The second-order valence-corrected chi connectivity index (χ2v) is 7.95. The summed E-state index contributed by atoms with van der Waals surface area (Å²) in [5.74, 6) is -0.157. The van der Waals surface area contributed by atoms with E-state index in [9.17, 15) is 9.59 Å². The quantitative estimate of drug-likeness (QED) is 0.471. The zero-order chi connectivity index (χ0) is 18.5. The van der Waals surface area contributed by atoms with E-state index in [-0.39, 0.29) is 0 Å². The fraction of sp³-hybridized carbons (Fsp3) is 0.300. The second-order valence-electron chi connectivity index (χ2n) is 7.01. The summed E-state index contributed by atoms with van der Waals surface area (Å²) < 4.78 is 0. The lowest BCUT2D eigenvalue weighted by Gasteiger charge is -2.39. The molecule has 1 aromatic carbocycles. The summed E-state index contributed by atoms with van der Waals surface area (Å²) in [4.78, 5) is 35.3. The number of carbonyl (C=O) groups is 2. The maximum Gasteiger partial charge on any atom is 0.300 e. The first-order valence-electron chi connectivity index (χ1n) is 8.60. The van der Waals surface area contributed by atoms with Crippen LogP contribution in [0.2, 0.25) is 0 Å². The van der Waals surface area contributed by atoms with Crippen molar-refractivity contribution in [3.05, 3.63) is 53.4 Å². The van der Waals surface area contributed by atoms with Crippen molar-refractivity contribution in [3.8, 4) is 0 Å². The maximum absolute atomic E-state index is 12.6. The molecule has 4 rings (SSSR count). The first kappa shape index (κ1) is 17.0. The number of nitrogens with zero attached hydrogens (tertiary/aromatic N) is 3. The molecule has 26 heavy (non-hydrogen) atoms. The highest BCUT2D eigenvalue weighted by atomic mass is 32.2. The number of rotatable bonds is 4. The average molecular weight is 365 g/mol. The Labute approximate surface area is 156 Å². The van der Waals surface area contributed by atoms with Gasteiger partial charge in [-0.05, 0) is 49.6 Å². The third-order valence-electron chi connectivity index (χ3n) is 4.79. The molecule has 5 nitrogen and oxygen atoms in total. The van der Waals surface area contributed by atoms with Crippen molar-refractivity contribution in [2.45, 2.75) is 37.9 Å². The Morgan fingerprint density at radius 1 is 1.12 bits per heavy atom. The van der Waals surface area contributed by atoms with Gasteiger partial charge in [0.1, 0.15) is 0 Å². The molecule has 0 radical (unpaired) electrons. The fourth-order valence-corrected chi connectivity index (χ4v) is 4.41. The van der Waals surface area contributed by atoms with Gasteiger partial charge in [0, 0.05) is 23.7 Å². The van der Waals surface area contributed by atoms with E-state index in [0.717, 1.165) is 28.8 Å². The predicted octanol–water partition coefficient (Wildman–Crippen LogP) is 3.54. The minimum absolute atomic E-state index is 0.404. The van der Waals surface area contributed by atoms with Crippen molar-refractivity contribution in [1.82, 2.24) is 9.97 Å². The summed E-state index contributed by atoms with van der Waals surface area (Å²) in [7, 11) is 0. The van der Waals surface area contributed by atoms with Crippen LogP contribution in [-0.4, -0.2) is 33.0 Å². The van der Waals surface area contributed by atoms with Gasteiger partial charge in [0.05, 0.1) is 16.8 Å². The summed E-state index contributed by atoms with van der Waals surface area (Å²) in [6.07, 6.45) is 6.35. The van der Waals surface area contributed by atoms with Crippen molar-refractivity contribution >= 4 is 34.7 Å². The smallest absolute Gasteiger partial charge is 0.295 e. The highest BCUT2D eigenvalue weighted by molar-refractivity contribution is 7.99. The minimum Gasteiger partial charge on any atom is -0.295 e. The van der Waals surface area contributed by atoms with E-state index in [1.165, 1.54) is 0 Å². The Morgan fingerprint density at radius 2 is 1.81 bits per heavy atom. The van der Waals surface area contributed by atoms with Gasteiger partial charge in [-0.25, -0.2) is 9.97 Å². The van der Waals surface area contributed by atoms with E-state index in [1.54, 1.807) is 35.1 Å². The number of aromatic nitrogens is 2. The van der Waals surface area contributed by atoms with Crippen molar-refractivity contribution in [3.63, 3.8) is 0 Å². The highest BCUT2D eigenvalue weighted by Gasteiger charge is 2.47. The van der Waals surface area contributed by atoms with Crippen LogP contribution in [0, 0.1) is 0 Å². The molecule has 1 amide bonds. The average Bonchev–Trinajstić information content (AvgIpc) is 2.90. The summed E-state index contributed by atoms with van der Waals surface area (Å²) >= 11 is 1.55. The molecule has 0 atom stereocenters. The van der Waals surface area contributed by atoms with Crippen LogP contribution in [0.3, 0.4) is 0 Å². The van der Waals surface area contributed by atoms with Crippen LogP contribution in [0.4, 0.5) is 5.69 Å². The van der Waals surface area contributed by atoms with Crippen LogP contribution in [0.15, 0.2) is 41.8 Å². The molecule has 0 bridgehead atoms. The van der Waals surface area contributed by atoms with Gasteiger partial charge in [-0.2, -0.15) is 0 Å². The Morgan fingerprint density at radius 3 is 2.50 bits per heavy atom. The molecule has 1 aromatic heterocycles. The van der Waals surface area contributed by atoms with Crippen LogP contribution >= 0.6 is 11.8 Å². The number of ketones is 1. The summed E-state index contributed by atoms with van der Waals surface area (Å²) in [6, 6.07) is 5.76. The van der Waals surface area contributed by atoms with Gasteiger partial charge in [-0.1, -0.05) is 24.8 Å². The summed E-state index contributed by atoms with van der Waals surface area (Å²) in [5, 5.41) is 0.712. The number of hydrogen-bond acceptors (Lipinski definition) is 5. The normalized spacial score (nSPS) is 17.3. The predicted molar refractivity (Wildman–Crippen MR) is 102 cm³/mol. The number of amides is 1. The Kier molecular flexibility index (Phi) is 3.95. The van der Waals surface area contributed by atoms with Gasteiger partial charge in [0.2, 0.25) is 0 Å². The standard InChI is InChI=1S/C20H19N3O2S/c1-4-12-8-14-13(11-26-19-21-6-5-7-22-19)10-20(2,3)23-16(14)15(9-12)17(24)18(23)25/h5-10H,4,11H2,1-3H3. The molecule has 2 aromatic rings. The Bertz CT molecular complexity index is 951. The molecule has 0 aliphatic carbocycles. The number of hydrogen-bond donors (Lipinski definition) is 0. The van der Waals surface area contributed by atoms with Crippen molar-refractivity contribution < 1.29 is 9.59 Å². The summed E-state index contributed by atoms with van der Waals surface area (Å²) in [5.41, 5.74) is 3.89. The molecule has 0 saturated carbocycles. The molecular formula is C20H19N3O2S. The topological polar surface area (TPSA) is 63.2 Å². The van der Waals surface area contributed by atoms with E-state index >= 15 is 0 Å². The van der Waals surface area contributed by atoms with Gasteiger partial charge >= 0.3 is 0 Å². The third-order valence-corrected chi connectivity index (χ3v) is 5.72. The second kappa shape index (κ2) is 6.06. The number of Topliss-reactive ketones (excluding diaryl/α,β-unsaturated/α-hetero) is 1. The molecule has 0 saturated heterocycles. The monoisotopic (exact) mass is 365 g/mol. The van der Waals surface area contributed by atoms with E-state index in [1.807, 2.05) is 19.9 Å². The van der Waals surface area contributed by atoms with Crippen LogP contribution in [0.5, 0.6) is 0 Å². The minimum atomic E-state index is -0.549. The number of benzene rings is 1. The molecule has 3 heterocycles. The maximum atomic E-state index is 12.6. The molecule has 0 fully saturated rings. The van der Waals surface area contributed by atoms with Crippen molar-refractivity contribution in [1.29, 1.82) is 0 Å². The van der Waals surface area contributed by atoms with Gasteiger partial charge < -0.3 is 0 Å². The van der Waals surface area contributed by atoms with E-state index in [4.69, 9.17) is 0 Å².